The van der Waals surface area contributed by atoms with E-state index in [2.05, 4.69) is 51.7 Å². The van der Waals surface area contributed by atoms with Crippen molar-refractivity contribution in [2.75, 3.05) is 11.9 Å². The fourth-order valence-corrected chi connectivity index (χ4v) is 2.63. The van der Waals surface area contributed by atoms with Crippen LogP contribution in [0.5, 0.6) is 0 Å². The number of nitrogens with one attached hydrogen (secondary N) is 1. The zero-order valence-corrected chi connectivity index (χ0v) is 13.7. The van der Waals surface area contributed by atoms with Crippen LogP contribution in [0.3, 0.4) is 0 Å². The summed E-state index contributed by atoms with van der Waals surface area (Å²) in [5, 5.41) is 3.33. The molecule has 0 saturated carbocycles. The van der Waals surface area contributed by atoms with Gasteiger partial charge in [0.1, 0.15) is 11.6 Å². The van der Waals surface area contributed by atoms with Gasteiger partial charge in [-0.05, 0) is 59.7 Å². The third-order valence-corrected chi connectivity index (χ3v) is 4.03. The van der Waals surface area contributed by atoms with Crippen LogP contribution in [0.2, 0.25) is 0 Å². The normalized spacial score (nSPS) is 10.6. The average molecular weight is 385 g/mol. The first-order valence-electron chi connectivity index (χ1n) is 6.72. The van der Waals surface area contributed by atoms with Gasteiger partial charge >= 0.3 is 0 Å². The molecule has 2 aromatic rings. The van der Waals surface area contributed by atoms with E-state index in [4.69, 9.17) is 0 Å². The number of hydrogen-bond donors (Lipinski definition) is 1. The van der Waals surface area contributed by atoms with Crippen LogP contribution in [0.4, 0.5) is 10.2 Å². The minimum atomic E-state index is -0.251. The number of aryl methyl sites for hydroxylation is 1. The van der Waals surface area contributed by atoms with Gasteiger partial charge in [0.05, 0.1) is 9.26 Å². The second kappa shape index (κ2) is 6.97. The first kappa shape index (κ1) is 15.2. The van der Waals surface area contributed by atoms with E-state index in [1.165, 1.54) is 12.1 Å². The van der Waals surface area contributed by atoms with E-state index >= 15 is 0 Å². The Kier molecular flexibility index (Phi) is 5.28. The molecule has 3 nitrogen and oxygen atoms in total. The SMILES string of the molecule is CCCNc1nc(-c2ccc(F)cc2)nc(CC)c1I. The molecule has 1 heterocycles. The van der Waals surface area contributed by atoms with Gasteiger partial charge in [-0.3, -0.25) is 0 Å². The summed E-state index contributed by atoms with van der Waals surface area (Å²) in [5.41, 5.74) is 1.84. The molecule has 0 unspecified atom stereocenters. The molecule has 0 radical (unpaired) electrons. The molecule has 0 fully saturated rings. The Morgan fingerprint density at radius 3 is 2.45 bits per heavy atom. The predicted octanol–water partition coefficient (Wildman–Crippen LogP) is 4.27. The van der Waals surface area contributed by atoms with Gasteiger partial charge in [0.2, 0.25) is 0 Å². The lowest BCUT2D eigenvalue weighted by atomic mass is 10.2. The summed E-state index contributed by atoms with van der Waals surface area (Å²) in [6.07, 6.45) is 1.88. The molecule has 0 aliphatic heterocycles. The number of benzene rings is 1. The molecule has 20 heavy (non-hydrogen) atoms. The number of anilines is 1. The van der Waals surface area contributed by atoms with Crippen LogP contribution in [-0.2, 0) is 6.42 Å². The zero-order valence-electron chi connectivity index (χ0n) is 11.6. The van der Waals surface area contributed by atoms with Crippen molar-refractivity contribution in [2.45, 2.75) is 26.7 Å². The molecule has 0 amide bonds. The first-order chi connectivity index (χ1) is 9.65. The van der Waals surface area contributed by atoms with E-state index in [1.54, 1.807) is 12.1 Å². The molecule has 0 aliphatic rings. The van der Waals surface area contributed by atoms with Crippen molar-refractivity contribution in [3.8, 4) is 11.4 Å². The van der Waals surface area contributed by atoms with Crippen molar-refractivity contribution in [3.63, 3.8) is 0 Å². The van der Waals surface area contributed by atoms with Crippen molar-refractivity contribution in [1.29, 1.82) is 0 Å². The monoisotopic (exact) mass is 385 g/mol. The highest BCUT2D eigenvalue weighted by Crippen LogP contribution is 2.24. The lowest BCUT2D eigenvalue weighted by Crippen LogP contribution is -2.08. The maximum atomic E-state index is 13.0. The standard InChI is InChI=1S/C15H17FIN3/c1-3-9-18-15-13(17)12(4-2)19-14(20-15)10-5-7-11(16)8-6-10/h5-8H,3-4,9H2,1-2H3,(H,18,19,20). The predicted molar refractivity (Wildman–Crippen MR) is 88.3 cm³/mol. The number of hydrogen-bond acceptors (Lipinski definition) is 3. The molecule has 0 spiro atoms. The lowest BCUT2D eigenvalue weighted by Gasteiger charge is -2.12. The van der Waals surface area contributed by atoms with Crippen LogP contribution >= 0.6 is 22.6 Å². The largest absolute Gasteiger partial charge is 0.369 e. The molecule has 106 valence electrons. The number of halogens is 2. The van der Waals surface area contributed by atoms with E-state index in [-0.39, 0.29) is 5.82 Å². The molecule has 0 saturated heterocycles. The van der Waals surface area contributed by atoms with E-state index < -0.39 is 0 Å². The second-order valence-electron chi connectivity index (χ2n) is 4.44. The van der Waals surface area contributed by atoms with Crippen molar-refractivity contribution >= 4 is 28.4 Å². The molecule has 0 atom stereocenters. The van der Waals surface area contributed by atoms with Gasteiger partial charge < -0.3 is 5.32 Å². The van der Waals surface area contributed by atoms with Crippen molar-refractivity contribution in [2.24, 2.45) is 0 Å². The first-order valence-corrected chi connectivity index (χ1v) is 7.79. The van der Waals surface area contributed by atoms with Crippen molar-refractivity contribution in [1.82, 2.24) is 9.97 Å². The fourth-order valence-electron chi connectivity index (χ4n) is 1.82. The number of aromatic nitrogens is 2. The Bertz CT molecular complexity index is 584. The van der Waals surface area contributed by atoms with Gasteiger partial charge in [0.25, 0.3) is 0 Å². The summed E-state index contributed by atoms with van der Waals surface area (Å²) in [4.78, 5) is 9.14. The number of rotatable bonds is 5. The van der Waals surface area contributed by atoms with E-state index in [9.17, 15) is 4.39 Å². The van der Waals surface area contributed by atoms with Crippen molar-refractivity contribution < 1.29 is 4.39 Å². The molecule has 1 N–H and O–H groups in total. The average Bonchev–Trinajstić information content (AvgIpc) is 2.47. The summed E-state index contributed by atoms with van der Waals surface area (Å²) >= 11 is 2.27. The van der Waals surface area contributed by atoms with Gasteiger partial charge in [0.15, 0.2) is 5.82 Å². The summed E-state index contributed by atoms with van der Waals surface area (Å²) in [6.45, 7) is 5.06. The minimum absolute atomic E-state index is 0.251. The van der Waals surface area contributed by atoms with Crippen LogP contribution < -0.4 is 5.32 Å². The Balaban J connectivity index is 2.44. The zero-order chi connectivity index (χ0) is 14.5. The highest BCUT2D eigenvalue weighted by Gasteiger charge is 2.12. The van der Waals surface area contributed by atoms with Crippen LogP contribution in [-0.4, -0.2) is 16.5 Å². The number of nitrogens with zero attached hydrogens (tertiary/aromatic N) is 2. The van der Waals surface area contributed by atoms with E-state index in [0.29, 0.717) is 5.82 Å². The minimum Gasteiger partial charge on any atom is -0.369 e. The van der Waals surface area contributed by atoms with E-state index in [0.717, 1.165) is 40.0 Å². The van der Waals surface area contributed by atoms with Gasteiger partial charge in [-0.2, -0.15) is 0 Å². The summed E-state index contributed by atoms with van der Waals surface area (Å²) < 4.78 is 14.1. The van der Waals surface area contributed by atoms with E-state index in [1.807, 2.05) is 0 Å². The molecule has 1 aromatic heterocycles. The summed E-state index contributed by atoms with van der Waals surface area (Å²) in [6, 6.07) is 6.28. The molecule has 0 bridgehead atoms. The Hall–Kier alpha value is -1.24. The molecule has 1 aromatic carbocycles. The maximum Gasteiger partial charge on any atom is 0.161 e. The highest BCUT2D eigenvalue weighted by atomic mass is 127. The topological polar surface area (TPSA) is 37.8 Å². The fraction of sp³-hybridized carbons (Fsp3) is 0.333. The highest BCUT2D eigenvalue weighted by molar-refractivity contribution is 14.1. The van der Waals surface area contributed by atoms with Gasteiger partial charge in [-0.25, -0.2) is 14.4 Å². The van der Waals surface area contributed by atoms with Gasteiger partial charge in [-0.1, -0.05) is 13.8 Å². The van der Waals surface area contributed by atoms with Crippen LogP contribution in [0.15, 0.2) is 24.3 Å². The third kappa shape index (κ3) is 3.45. The third-order valence-electron chi connectivity index (χ3n) is 2.90. The Morgan fingerprint density at radius 1 is 1.15 bits per heavy atom. The molecule has 5 heteroatoms. The summed E-state index contributed by atoms with van der Waals surface area (Å²) in [7, 11) is 0. The quantitative estimate of drug-likeness (QED) is 0.782. The molecular weight excluding hydrogens is 368 g/mol. The maximum absolute atomic E-state index is 13.0. The van der Waals surface area contributed by atoms with Crippen LogP contribution in [0.1, 0.15) is 26.0 Å². The molecular formula is C15H17FIN3. The Labute approximate surface area is 132 Å². The van der Waals surface area contributed by atoms with Gasteiger partial charge in [0, 0.05) is 12.1 Å². The van der Waals surface area contributed by atoms with Crippen LogP contribution in [0.25, 0.3) is 11.4 Å². The Morgan fingerprint density at radius 2 is 1.85 bits per heavy atom. The summed E-state index contributed by atoms with van der Waals surface area (Å²) in [5.74, 6) is 1.25. The lowest BCUT2D eigenvalue weighted by molar-refractivity contribution is 0.628. The van der Waals surface area contributed by atoms with Crippen molar-refractivity contribution in [3.05, 3.63) is 39.3 Å². The second-order valence-corrected chi connectivity index (χ2v) is 5.52. The van der Waals surface area contributed by atoms with Crippen LogP contribution in [0, 0.1) is 9.39 Å². The smallest absolute Gasteiger partial charge is 0.161 e. The van der Waals surface area contributed by atoms with Gasteiger partial charge in [-0.15, -0.1) is 0 Å². The molecule has 0 aliphatic carbocycles. The molecule has 2 rings (SSSR count).